The van der Waals surface area contributed by atoms with Gasteiger partial charge in [0.2, 0.25) is 0 Å². The van der Waals surface area contributed by atoms with Crippen LogP contribution in [0.4, 0.5) is 4.39 Å². The van der Waals surface area contributed by atoms with Crippen LogP contribution in [0.15, 0.2) is 22.7 Å². The summed E-state index contributed by atoms with van der Waals surface area (Å²) in [6, 6.07) is 4.25. The van der Waals surface area contributed by atoms with E-state index in [0.717, 1.165) is 0 Å². The maximum Gasteiger partial charge on any atom is 0.253 e. The van der Waals surface area contributed by atoms with Crippen molar-refractivity contribution in [2.75, 3.05) is 33.4 Å². The molecule has 1 aromatic rings. The van der Waals surface area contributed by atoms with Gasteiger partial charge in [-0.3, -0.25) is 4.79 Å². The molecule has 0 aromatic heterocycles. The summed E-state index contributed by atoms with van der Waals surface area (Å²) in [4.78, 5) is 13.4. The van der Waals surface area contributed by atoms with Gasteiger partial charge in [-0.15, -0.1) is 0 Å². The molecule has 0 radical (unpaired) electrons. The summed E-state index contributed by atoms with van der Waals surface area (Å²) in [6.45, 7) is 0.919. The molecule has 1 amide bonds. The molecule has 1 N–H and O–H groups in total. The lowest BCUT2D eigenvalue weighted by atomic mass is 10.2. The van der Waals surface area contributed by atoms with E-state index in [1.54, 1.807) is 13.1 Å². The van der Waals surface area contributed by atoms with E-state index in [2.05, 4.69) is 15.9 Å². The normalized spacial score (nSPS) is 10.4. The Morgan fingerprint density at radius 2 is 2.22 bits per heavy atom. The van der Waals surface area contributed by atoms with Gasteiger partial charge in [0, 0.05) is 19.2 Å². The minimum Gasteiger partial charge on any atom is -0.394 e. The predicted octanol–water partition coefficient (Wildman–Crippen LogP) is 1.67. The number of aliphatic hydroxyl groups excluding tert-OH is 1. The van der Waals surface area contributed by atoms with Gasteiger partial charge in [-0.1, -0.05) is 0 Å². The standard InChI is InChI=1S/C12H15BrFNO3/c1-15(4-6-18-7-5-16)12(17)9-2-3-10(13)11(14)8-9/h2-3,8,16H,4-7H2,1H3. The first kappa shape index (κ1) is 15.1. The molecule has 0 unspecified atom stereocenters. The first-order valence-electron chi connectivity index (χ1n) is 5.45. The zero-order chi connectivity index (χ0) is 13.5. The van der Waals surface area contributed by atoms with Gasteiger partial charge in [-0.25, -0.2) is 4.39 Å². The Kier molecular flexibility index (Phi) is 6.24. The van der Waals surface area contributed by atoms with Crippen molar-refractivity contribution >= 4 is 21.8 Å². The number of likely N-dealkylation sites (N-methyl/N-ethyl adjacent to an activating group) is 1. The highest BCUT2D eigenvalue weighted by Crippen LogP contribution is 2.17. The van der Waals surface area contributed by atoms with Crippen molar-refractivity contribution in [2.45, 2.75) is 0 Å². The number of halogens is 2. The number of hydrogen-bond acceptors (Lipinski definition) is 3. The van der Waals surface area contributed by atoms with Crippen LogP contribution >= 0.6 is 15.9 Å². The highest BCUT2D eigenvalue weighted by molar-refractivity contribution is 9.10. The van der Waals surface area contributed by atoms with Crippen molar-refractivity contribution < 1.29 is 19.0 Å². The zero-order valence-electron chi connectivity index (χ0n) is 10.0. The van der Waals surface area contributed by atoms with Gasteiger partial charge in [0.1, 0.15) is 5.82 Å². The van der Waals surface area contributed by atoms with E-state index in [4.69, 9.17) is 9.84 Å². The van der Waals surface area contributed by atoms with E-state index in [0.29, 0.717) is 23.2 Å². The molecule has 4 nitrogen and oxygen atoms in total. The van der Waals surface area contributed by atoms with Crippen LogP contribution in [0.2, 0.25) is 0 Å². The first-order chi connectivity index (χ1) is 8.56. The molecule has 18 heavy (non-hydrogen) atoms. The van der Waals surface area contributed by atoms with Crippen LogP contribution in [-0.2, 0) is 4.74 Å². The van der Waals surface area contributed by atoms with Crippen LogP contribution in [0.25, 0.3) is 0 Å². The Balaban J connectivity index is 2.54. The second kappa shape index (κ2) is 7.45. The van der Waals surface area contributed by atoms with Crippen LogP contribution in [0.5, 0.6) is 0 Å². The van der Waals surface area contributed by atoms with Crippen LogP contribution in [0.3, 0.4) is 0 Å². The highest BCUT2D eigenvalue weighted by Gasteiger charge is 2.13. The quantitative estimate of drug-likeness (QED) is 0.811. The summed E-state index contributed by atoms with van der Waals surface area (Å²) in [5.41, 5.74) is 0.292. The minimum atomic E-state index is -0.467. The monoisotopic (exact) mass is 319 g/mol. The molecule has 1 rings (SSSR count). The lowest BCUT2D eigenvalue weighted by Gasteiger charge is -2.17. The van der Waals surface area contributed by atoms with Crippen molar-refractivity contribution in [3.8, 4) is 0 Å². The number of carbonyl (C=O) groups is 1. The van der Waals surface area contributed by atoms with E-state index in [1.807, 2.05) is 0 Å². The number of ether oxygens (including phenoxy) is 1. The third-order valence-corrected chi connectivity index (χ3v) is 2.96. The number of hydrogen-bond donors (Lipinski definition) is 1. The topological polar surface area (TPSA) is 49.8 Å². The molecule has 0 saturated heterocycles. The summed E-state index contributed by atoms with van der Waals surface area (Å²) in [5, 5.41) is 8.52. The molecule has 6 heteroatoms. The lowest BCUT2D eigenvalue weighted by molar-refractivity contribution is 0.0618. The smallest absolute Gasteiger partial charge is 0.253 e. The molecule has 0 aliphatic heterocycles. The van der Waals surface area contributed by atoms with Gasteiger partial charge in [0.15, 0.2) is 0 Å². The number of rotatable bonds is 6. The average Bonchev–Trinajstić information content (AvgIpc) is 2.37. The largest absolute Gasteiger partial charge is 0.394 e. The van der Waals surface area contributed by atoms with Crippen molar-refractivity contribution in [1.82, 2.24) is 4.90 Å². The number of aliphatic hydroxyl groups is 1. The Hall–Kier alpha value is -0.980. The number of benzene rings is 1. The molecule has 0 atom stereocenters. The predicted molar refractivity (Wildman–Crippen MR) is 69.0 cm³/mol. The molecule has 0 saturated carbocycles. The van der Waals surface area contributed by atoms with Gasteiger partial charge in [0.25, 0.3) is 5.91 Å². The Morgan fingerprint density at radius 3 is 2.83 bits per heavy atom. The summed E-state index contributed by atoms with van der Waals surface area (Å²) < 4.78 is 18.7. The molecule has 1 aromatic carbocycles. The van der Waals surface area contributed by atoms with Crippen LogP contribution in [-0.4, -0.2) is 49.3 Å². The third kappa shape index (κ3) is 4.36. The Morgan fingerprint density at radius 1 is 1.50 bits per heavy atom. The summed E-state index contributed by atoms with van der Waals surface area (Å²) in [7, 11) is 1.62. The molecular weight excluding hydrogens is 305 g/mol. The lowest BCUT2D eigenvalue weighted by Crippen LogP contribution is -2.30. The molecule has 0 fully saturated rings. The van der Waals surface area contributed by atoms with Crippen LogP contribution in [0.1, 0.15) is 10.4 Å². The van der Waals surface area contributed by atoms with Crippen molar-refractivity contribution in [3.05, 3.63) is 34.1 Å². The molecular formula is C12H15BrFNO3. The maximum atomic E-state index is 13.3. The Bertz CT molecular complexity index is 414. The minimum absolute atomic E-state index is 0.0460. The zero-order valence-corrected chi connectivity index (χ0v) is 11.6. The second-order valence-corrected chi connectivity index (χ2v) is 4.55. The summed E-state index contributed by atoms with van der Waals surface area (Å²) in [6.07, 6.45) is 0. The van der Waals surface area contributed by atoms with Gasteiger partial charge in [-0.05, 0) is 34.1 Å². The van der Waals surface area contributed by atoms with E-state index in [1.165, 1.54) is 17.0 Å². The van der Waals surface area contributed by atoms with Crippen molar-refractivity contribution in [1.29, 1.82) is 0 Å². The molecule has 0 aliphatic rings. The van der Waals surface area contributed by atoms with Gasteiger partial charge < -0.3 is 14.7 Å². The number of carbonyl (C=O) groups excluding carboxylic acids is 1. The fraction of sp³-hybridized carbons (Fsp3) is 0.417. The summed E-state index contributed by atoms with van der Waals surface area (Å²) in [5.74, 6) is -0.736. The van der Waals surface area contributed by atoms with E-state index in [9.17, 15) is 9.18 Å². The van der Waals surface area contributed by atoms with Crippen LogP contribution < -0.4 is 0 Å². The maximum absolute atomic E-state index is 13.3. The third-order valence-electron chi connectivity index (χ3n) is 2.32. The van der Waals surface area contributed by atoms with Gasteiger partial charge in [0.05, 0.1) is 24.3 Å². The number of nitrogens with zero attached hydrogens (tertiary/aromatic N) is 1. The molecule has 0 spiro atoms. The fourth-order valence-electron chi connectivity index (χ4n) is 1.32. The Labute approximate surface area is 113 Å². The number of amides is 1. The molecule has 0 aliphatic carbocycles. The van der Waals surface area contributed by atoms with Crippen molar-refractivity contribution in [2.24, 2.45) is 0 Å². The molecule has 0 heterocycles. The van der Waals surface area contributed by atoms with E-state index >= 15 is 0 Å². The first-order valence-corrected chi connectivity index (χ1v) is 6.24. The summed E-state index contributed by atoms with van der Waals surface area (Å²) >= 11 is 3.03. The highest BCUT2D eigenvalue weighted by atomic mass is 79.9. The van der Waals surface area contributed by atoms with Gasteiger partial charge in [-0.2, -0.15) is 0 Å². The molecule has 0 bridgehead atoms. The van der Waals surface area contributed by atoms with E-state index in [-0.39, 0.29) is 19.1 Å². The second-order valence-electron chi connectivity index (χ2n) is 3.69. The molecule has 100 valence electrons. The van der Waals surface area contributed by atoms with Gasteiger partial charge >= 0.3 is 0 Å². The fourth-order valence-corrected chi connectivity index (χ4v) is 1.57. The SMILES string of the molecule is CN(CCOCCO)C(=O)c1ccc(Br)c(F)c1. The van der Waals surface area contributed by atoms with E-state index < -0.39 is 5.82 Å². The average molecular weight is 320 g/mol. The van der Waals surface area contributed by atoms with Crippen molar-refractivity contribution in [3.63, 3.8) is 0 Å². The van der Waals surface area contributed by atoms with Crippen LogP contribution in [0, 0.1) is 5.82 Å².